The van der Waals surface area contributed by atoms with Crippen LogP contribution < -0.4 is 24.8 Å². The average Bonchev–Trinajstić information content (AvgIpc) is 2.99. The number of nitrogens with one attached hydrogen (secondary N) is 1. The summed E-state index contributed by atoms with van der Waals surface area (Å²) in [5.41, 5.74) is 14.7. The second-order valence-corrected chi connectivity index (χ2v) is 7.43. The van der Waals surface area contributed by atoms with Crippen molar-refractivity contribution in [1.29, 1.82) is 0 Å². The molecule has 0 aliphatic heterocycles. The molecule has 2 aromatic carbocycles. The molecule has 0 saturated heterocycles. The minimum Gasteiger partial charge on any atom is -1.00 e. The molecule has 28 heavy (non-hydrogen) atoms. The Labute approximate surface area is 202 Å². The van der Waals surface area contributed by atoms with Crippen LogP contribution >= 0.6 is 0 Å². The molecule has 1 aliphatic rings. The molecule has 1 unspecified atom stereocenters. The van der Waals surface area contributed by atoms with E-state index in [-0.39, 0.29) is 57.5 Å². The molecule has 0 fully saturated rings. The third-order valence-corrected chi connectivity index (χ3v) is 5.08. The number of rotatable bonds is 5. The second kappa shape index (κ2) is 12.8. The Morgan fingerprint density at radius 1 is 0.893 bits per heavy atom. The maximum Gasteiger partial charge on any atom is 3.00 e. The molecular weight excluding hydrogens is 437 g/mol. The van der Waals surface area contributed by atoms with E-state index in [9.17, 15) is 0 Å². The molecule has 0 bridgehead atoms. The quantitative estimate of drug-likeness (QED) is 0.522. The van der Waals surface area contributed by atoms with Crippen LogP contribution in [-0.4, -0.2) is 16.5 Å². The van der Waals surface area contributed by atoms with Crippen molar-refractivity contribution in [1.82, 2.24) is 0 Å². The summed E-state index contributed by atoms with van der Waals surface area (Å²) in [4.78, 5) is 0. The summed E-state index contributed by atoms with van der Waals surface area (Å²) in [6.07, 6.45) is 4.34. The molecule has 1 N–H and O–H groups in total. The minimum atomic E-state index is -0.400. The SMILES string of the molecule is CC(CC1=CC(c2ccccc2)=C(c2ccccc2)C1)C(C)(C)[NH-].[Cl-].[Cl-].[SiH4].[Ti+3]. The fourth-order valence-corrected chi connectivity index (χ4v) is 3.22. The van der Waals surface area contributed by atoms with E-state index >= 15 is 0 Å². The van der Waals surface area contributed by atoms with E-state index in [0.29, 0.717) is 5.92 Å². The Morgan fingerprint density at radius 3 is 1.82 bits per heavy atom. The molecule has 0 heterocycles. The van der Waals surface area contributed by atoms with Crippen LogP contribution in [0.25, 0.3) is 16.9 Å². The van der Waals surface area contributed by atoms with Gasteiger partial charge in [0.25, 0.3) is 0 Å². The Kier molecular flexibility index (Phi) is 13.6. The molecule has 1 aliphatic carbocycles. The summed E-state index contributed by atoms with van der Waals surface area (Å²) >= 11 is 0. The molecule has 1 nitrogen and oxygen atoms in total. The Hall–Kier alpha value is -0.609. The van der Waals surface area contributed by atoms with Gasteiger partial charge in [0.2, 0.25) is 0 Å². The molecule has 0 amide bonds. The number of halogens is 2. The Bertz CT molecular complexity index is 768. The fraction of sp³-hybridized carbons (Fsp3) is 0.304. The van der Waals surface area contributed by atoms with Crippen LogP contribution in [-0.2, 0) is 21.7 Å². The van der Waals surface area contributed by atoms with E-state index in [4.69, 9.17) is 5.73 Å². The van der Waals surface area contributed by atoms with Crippen molar-refractivity contribution in [2.45, 2.75) is 39.2 Å². The predicted octanol–water partition coefficient (Wildman–Crippen LogP) is -0.662. The van der Waals surface area contributed by atoms with Gasteiger partial charge in [0.15, 0.2) is 0 Å². The van der Waals surface area contributed by atoms with Gasteiger partial charge in [0.1, 0.15) is 0 Å². The first kappa shape index (κ1) is 29.6. The van der Waals surface area contributed by atoms with Gasteiger partial charge in [-0.15, -0.1) is 5.54 Å². The molecule has 1 radical (unpaired) electrons. The van der Waals surface area contributed by atoms with Crippen LogP contribution in [0.15, 0.2) is 72.3 Å². The van der Waals surface area contributed by atoms with E-state index in [2.05, 4.69) is 73.7 Å². The van der Waals surface area contributed by atoms with Gasteiger partial charge in [0.05, 0.1) is 0 Å². The van der Waals surface area contributed by atoms with Crippen LogP contribution in [0.4, 0.5) is 0 Å². The normalized spacial score (nSPS) is 13.9. The largest absolute Gasteiger partial charge is 3.00 e. The number of benzene rings is 2. The molecule has 2 aromatic rings. The second-order valence-electron chi connectivity index (χ2n) is 7.43. The van der Waals surface area contributed by atoms with E-state index in [1.54, 1.807) is 0 Å². The van der Waals surface area contributed by atoms with Gasteiger partial charge in [-0.1, -0.05) is 99.0 Å². The van der Waals surface area contributed by atoms with E-state index < -0.39 is 5.54 Å². The van der Waals surface area contributed by atoms with Gasteiger partial charge in [-0.05, 0) is 46.1 Å². The summed E-state index contributed by atoms with van der Waals surface area (Å²) in [5, 5.41) is 0. The number of hydrogen-bond donors (Lipinski definition) is 0. The number of hydrogen-bond acceptors (Lipinski definition) is 0. The van der Waals surface area contributed by atoms with Crippen LogP contribution in [0.5, 0.6) is 0 Å². The van der Waals surface area contributed by atoms with Crippen LogP contribution in [0.2, 0.25) is 0 Å². The minimum absolute atomic E-state index is 0. The van der Waals surface area contributed by atoms with Crippen LogP contribution in [0, 0.1) is 5.92 Å². The molecular formula is C23H30Cl2NSiTi. The van der Waals surface area contributed by atoms with Crippen molar-refractivity contribution < 1.29 is 46.5 Å². The first-order valence-corrected chi connectivity index (χ1v) is 8.73. The zero-order valence-electron chi connectivity index (χ0n) is 16.1. The van der Waals surface area contributed by atoms with Gasteiger partial charge >= 0.3 is 21.7 Å². The molecule has 0 aromatic heterocycles. The van der Waals surface area contributed by atoms with Crippen LogP contribution in [0.3, 0.4) is 0 Å². The first-order valence-electron chi connectivity index (χ1n) is 8.73. The van der Waals surface area contributed by atoms with E-state index in [1.165, 1.54) is 27.8 Å². The van der Waals surface area contributed by atoms with Gasteiger partial charge in [-0.2, -0.15) is 0 Å². The zero-order valence-corrected chi connectivity index (χ0v) is 19.2. The van der Waals surface area contributed by atoms with E-state index in [0.717, 1.165) is 12.8 Å². The number of allylic oxidation sites excluding steroid dienone is 4. The average molecular weight is 467 g/mol. The summed E-state index contributed by atoms with van der Waals surface area (Å²) in [6, 6.07) is 21.3. The van der Waals surface area contributed by atoms with Crippen LogP contribution in [0.1, 0.15) is 44.7 Å². The van der Waals surface area contributed by atoms with Gasteiger partial charge < -0.3 is 30.5 Å². The monoisotopic (exact) mass is 466 g/mol. The standard InChI is InChI=1S/C23H26N.2ClH.H4Si.Ti/c1-17(23(2,3)24)14-18-15-21(19-10-6-4-7-11-19)22(16-18)20-12-8-5-9-13-20;;;;/h4-13,15,17,24H,14,16H2,1-3H3;2*1H;1H4;/q-1;;;;+3/p-2. The van der Waals surface area contributed by atoms with E-state index in [1.807, 2.05) is 13.8 Å². The van der Waals surface area contributed by atoms with Gasteiger partial charge in [0, 0.05) is 0 Å². The third-order valence-electron chi connectivity index (χ3n) is 5.08. The molecule has 1 atom stereocenters. The molecule has 0 saturated carbocycles. The van der Waals surface area contributed by atoms with Crippen molar-refractivity contribution >= 4 is 22.1 Å². The maximum atomic E-state index is 8.29. The molecule has 3 rings (SSSR count). The zero-order chi connectivity index (χ0) is 17.2. The first-order chi connectivity index (χ1) is 11.4. The summed E-state index contributed by atoms with van der Waals surface area (Å²) in [6.45, 7) is 6.21. The fourth-order valence-electron chi connectivity index (χ4n) is 3.22. The summed E-state index contributed by atoms with van der Waals surface area (Å²) < 4.78 is 0. The third kappa shape index (κ3) is 7.33. The van der Waals surface area contributed by atoms with Crippen molar-refractivity contribution in [3.05, 3.63) is 89.2 Å². The van der Waals surface area contributed by atoms with Gasteiger partial charge in [-0.3, -0.25) is 0 Å². The van der Waals surface area contributed by atoms with Crippen molar-refractivity contribution in [2.75, 3.05) is 0 Å². The molecule has 5 heteroatoms. The topological polar surface area (TPSA) is 23.8 Å². The Balaban J connectivity index is 0. The summed E-state index contributed by atoms with van der Waals surface area (Å²) in [5.74, 6) is 0.343. The summed E-state index contributed by atoms with van der Waals surface area (Å²) in [7, 11) is 0. The van der Waals surface area contributed by atoms with Crippen molar-refractivity contribution in [2.24, 2.45) is 5.92 Å². The van der Waals surface area contributed by atoms with Crippen molar-refractivity contribution in [3.63, 3.8) is 0 Å². The van der Waals surface area contributed by atoms with Gasteiger partial charge in [-0.25, -0.2) is 0 Å². The smallest absolute Gasteiger partial charge is 1.00 e. The Morgan fingerprint density at radius 2 is 1.36 bits per heavy atom. The molecule has 149 valence electrons. The van der Waals surface area contributed by atoms with Crippen molar-refractivity contribution in [3.8, 4) is 0 Å². The molecule has 0 spiro atoms. The predicted molar refractivity (Wildman–Crippen MR) is 116 cm³/mol. The maximum absolute atomic E-state index is 8.29.